The molecule has 3 aromatic rings. The molecule has 0 spiro atoms. The lowest BCUT2D eigenvalue weighted by Crippen LogP contribution is -2.61. The van der Waals surface area contributed by atoms with Crippen LogP contribution < -0.4 is 10.2 Å². The molecule has 0 aliphatic carbocycles. The van der Waals surface area contributed by atoms with Gasteiger partial charge in [-0.25, -0.2) is 19.0 Å². The zero-order chi connectivity index (χ0) is 33.9. The third-order valence-electron chi connectivity index (χ3n) is 9.13. The molecule has 48 heavy (non-hydrogen) atoms. The molecule has 3 aliphatic heterocycles. The first-order valence-electron chi connectivity index (χ1n) is 15.6. The van der Waals surface area contributed by atoms with E-state index < -0.39 is 23.8 Å². The van der Waals surface area contributed by atoms with Gasteiger partial charge in [0.25, 0.3) is 0 Å². The van der Waals surface area contributed by atoms with E-state index in [1.165, 1.54) is 24.5 Å². The van der Waals surface area contributed by atoms with Crippen LogP contribution in [0.5, 0.6) is 0 Å². The summed E-state index contributed by atoms with van der Waals surface area (Å²) in [6.07, 6.45) is 2.12. The summed E-state index contributed by atoms with van der Waals surface area (Å²) in [5.74, 6) is -1.37. The molecule has 14 heteroatoms. The van der Waals surface area contributed by atoms with Crippen LogP contribution in [0.2, 0.25) is 0 Å². The maximum absolute atomic E-state index is 14.8. The van der Waals surface area contributed by atoms with Crippen LogP contribution >= 0.6 is 11.3 Å². The summed E-state index contributed by atoms with van der Waals surface area (Å²) in [7, 11) is 2.93. The van der Waals surface area contributed by atoms with E-state index in [0.29, 0.717) is 60.3 Å². The number of aromatic nitrogens is 1. The number of hydrogen-bond donors (Lipinski definition) is 2. The Morgan fingerprint density at radius 1 is 1.15 bits per heavy atom. The molecular formula is C34H37FN6O6S. The fraction of sp³-hybridized carbons (Fsp3) is 0.382. The van der Waals surface area contributed by atoms with Gasteiger partial charge in [-0.15, -0.1) is 11.3 Å². The van der Waals surface area contributed by atoms with E-state index in [1.54, 1.807) is 37.3 Å². The van der Waals surface area contributed by atoms with Crippen molar-refractivity contribution in [1.29, 1.82) is 0 Å². The van der Waals surface area contributed by atoms with Gasteiger partial charge >= 0.3 is 18.0 Å². The number of halogens is 1. The second-order valence-electron chi connectivity index (χ2n) is 11.9. The van der Waals surface area contributed by atoms with Gasteiger partial charge in [0.2, 0.25) is 0 Å². The fourth-order valence-corrected chi connectivity index (χ4v) is 7.25. The van der Waals surface area contributed by atoms with Crippen molar-refractivity contribution in [1.82, 2.24) is 20.1 Å². The number of ether oxygens (including phenoxy) is 2. The summed E-state index contributed by atoms with van der Waals surface area (Å²) >= 11 is 1.40. The number of carbonyl (C=O) groups is 3. The van der Waals surface area contributed by atoms with Crippen molar-refractivity contribution in [3.63, 3.8) is 0 Å². The van der Waals surface area contributed by atoms with Crippen LogP contribution in [0.1, 0.15) is 34.2 Å². The lowest BCUT2D eigenvalue weighted by atomic mass is 9.91. The number of nitrogens with one attached hydrogen (secondary N) is 1. The minimum atomic E-state index is -0.858. The van der Waals surface area contributed by atoms with Gasteiger partial charge in [-0.2, -0.15) is 0 Å². The number of carbonyl (C=O) groups excluding carboxylic acids is 2. The standard InChI is InChI=1S/C34H37FN6O6S/c1-20-23(5-4-6-24(20)35)30-29(33(44)47-3)25(37-31(38-30)32-36-13-16-48-32)17-39-14-15-40-26(27(39)19-46-2)18-41(34(40)45)22-10-7-21(8-11-22)9-12-28(42)43/h4-8,10-11,13,16,26-27,30H,9,12,14-15,17-19H2,1-3H3,(H,37,38)(H,42,43)/t26-,27-,30?/m1/s1. The van der Waals surface area contributed by atoms with Gasteiger partial charge in [0, 0.05) is 62.7 Å². The second kappa shape index (κ2) is 14.2. The Morgan fingerprint density at radius 3 is 2.62 bits per heavy atom. The average molecular weight is 677 g/mol. The van der Waals surface area contributed by atoms with E-state index in [-0.39, 0.29) is 36.7 Å². The quantitative estimate of drug-likeness (QED) is 0.291. The molecule has 0 radical (unpaired) electrons. The van der Waals surface area contributed by atoms with Crippen molar-refractivity contribution in [3.05, 3.63) is 92.8 Å². The Morgan fingerprint density at radius 2 is 1.94 bits per heavy atom. The smallest absolute Gasteiger partial charge is 0.338 e. The van der Waals surface area contributed by atoms with E-state index >= 15 is 0 Å². The summed E-state index contributed by atoms with van der Waals surface area (Å²) in [5, 5.41) is 14.8. The summed E-state index contributed by atoms with van der Waals surface area (Å²) < 4.78 is 25.8. The molecule has 3 atom stereocenters. The maximum atomic E-state index is 14.8. The Bertz CT molecular complexity index is 1750. The van der Waals surface area contributed by atoms with Crippen molar-refractivity contribution >= 4 is 40.8 Å². The molecule has 2 amide bonds. The number of aryl methyl sites for hydroxylation is 1. The lowest BCUT2D eigenvalue weighted by molar-refractivity contribution is -0.137. The lowest BCUT2D eigenvalue weighted by Gasteiger charge is -2.44. The number of amides is 2. The van der Waals surface area contributed by atoms with Gasteiger partial charge in [0.1, 0.15) is 11.9 Å². The van der Waals surface area contributed by atoms with Gasteiger partial charge in [-0.1, -0.05) is 24.3 Å². The van der Waals surface area contributed by atoms with Gasteiger partial charge in [0.15, 0.2) is 10.8 Å². The Kier molecular flexibility index (Phi) is 9.85. The molecule has 2 N–H and O–H groups in total. The van der Waals surface area contributed by atoms with Gasteiger partial charge in [0.05, 0.1) is 31.4 Å². The van der Waals surface area contributed by atoms with Crippen molar-refractivity contribution in [3.8, 4) is 0 Å². The number of benzene rings is 2. The van der Waals surface area contributed by atoms with Crippen molar-refractivity contribution in [2.75, 3.05) is 51.9 Å². The first-order chi connectivity index (χ1) is 23.2. The molecule has 4 heterocycles. The number of fused-ring (bicyclic) bond motifs is 1. The molecule has 2 saturated heterocycles. The number of nitrogens with zero attached hydrogens (tertiary/aromatic N) is 5. The van der Waals surface area contributed by atoms with Gasteiger partial charge in [-0.3, -0.25) is 19.6 Å². The molecule has 0 bridgehead atoms. The number of amidine groups is 1. The van der Waals surface area contributed by atoms with Crippen molar-refractivity contribution in [2.45, 2.75) is 37.9 Å². The number of hydrogen-bond acceptors (Lipinski definition) is 10. The number of piperazine rings is 1. The number of methoxy groups -OCH3 is 2. The van der Waals surface area contributed by atoms with Crippen molar-refractivity contribution in [2.24, 2.45) is 4.99 Å². The third kappa shape index (κ3) is 6.55. The Hall–Kier alpha value is -4.66. The number of aliphatic carboxylic acids is 1. The first kappa shape index (κ1) is 33.2. The van der Waals surface area contributed by atoms with Crippen LogP contribution in [0.25, 0.3) is 0 Å². The van der Waals surface area contributed by atoms with E-state index in [2.05, 4.69) is 15.2 Å². The molecule has 0 saturated carbocycles. The predicted molar refractivity (Wildman–Crippen MR) is 178 cm³/mol. The number of aliphatic imine (C=N–C) groups is 1. The number of urea groups is 1. The molecule has 2 fully saturated rings. The second-order valence-corrected chi connectivity index (χ2v) is 12.8. The van der Waals surface area contributed by atoms with E-state index in [1.807, 2.05) is 34.5 Å². The highest BCUT2D eigenvalue weighted by molar-refractivity contribution is 7.11. The molecule has 2 aromatic carbocycles. The molecular weight excluding hydrogens is 639 g/mol. The average Bonchev–Trinajstić information content (AvgIpc) is 3.74. The van der Waals surface area contributed by atoms with Crippen LogP contribution in [-0.4, -0.2) is 103 Å². The van der Waals surface area contributed by atoms with E-state index in [9.17, 15) is 18.8 Å². The van der Waals surface area contributed by atoms with Gasteiger partial charge < -0.3 is 24.8 Å². The van der Waals surface area contributed by atoms with Crippen LogP contribution in [-0.2, 0) is 25.5 Å². The number of anilines is 1. The minimum Gasteiger partial charge on any atom is -0.481 e. The fourth-order valence-electron chi connectivity index (χ4n) is 6.66. The van der Waals surface area contributed by atoms with Crippen molar-refractivity contribution < 1.29 is 33.4 Å². The highest BCUT2D eigenvalue weighted by atomic mass is 32.1. The minimum absolute atomic E-state index is 0.0368. The third-order valence-corrected chi connectivity index (χ3v) is 9.91. The number of carboxylic acids is 1. The molecule has 3 aliphatic rings. The normalized spacial score (nSPS) is 21.2. The summed E-state index contributed by atoms with van der Waals surface area (Å²) in [4.78, 5) is 53.3. The predicted octanol–water partition coefficient (Wildman–Crippen LogP) is 3.77. The number of rotatable bonds is 11. The maximum Gasteiger partial charge on any atom is 0.338 e. The Labute approximate surface area is 281 Å². The highest BCUT2D eigenvalue weighted by Crippen LogP contribution is 2.37. The summed E-state index contributed by atoms with van der Waals surface area (Å²) in [5.41, 5.74) is 3.39. The molecule has 1 unspecified atom stereocenters. The largest absolute Gasteiger partial charge is 0.481 e. The molecule has 6 rings (SSSR count). The molecule has 12 nitrogen and oxygen atoms in total. The zero-order valence-corrected chi connectivity index (χ0v) is 27.7. The molecule has 252 valence electrons. The SMILES string of the molecule is COC[C@@H]1[C@H]2CN(c3ccc(CCC(=O)O)cc3)C(=O)N2CCN1CC1=C(C(=O)OC)C(c2cccc(F)c2C)N=C(c2nccs2)N1. The van der Waals surface area contributed by atoms with Crippen LogP contribution in [0.4, 0.5) is 14.9 Å². The van der Waals surface area contributed by atoms with Crippen LogP contribution in [0.3, 0.4) is 0 Å². The van der Waals surface area contributed by atoms with E-state index in [4.69, 9.17) is 19.6 Å². The summed E-state index contributed by atoms with van der Waals surface area (Å²) in [6.45, 7) is 3.66. The number of esters is 1. The van der Waals surface area contributed by atoms with Crippen LogP contribution in [0, 0.1) is 12.7 Å². The topological polar surface area (TPSA) is 137 Å². The number of carboxylic acid groups (broad SMARTS) is 1. The van der Waals surface area contributed by atoms with E-state index in [0.717, 1.165) is 11.3 Å². The van der Waals surface area contributed by atoms with Crippen LogP contribution in [0.15, 0.2) is 70.3 Å². The zero-order valence-electron chi connectivity index (χ0n) is 26.9. The number of thiazole rings is 1. The van der Waals surface area contributed by atoms with Gasteiger partial charge in [-0.05, 0) is 48.2 Å². The first-order valence-corrected chi connectivity index (χ1v) is 16.5. The summed E-state index contributed by atoms with van der Waals surface area (Å²) in [6, 6.07) is 10.8. The highest BCUT2D eigenvalue weighted by Gasteiger charge is 2.47. The Balaban J connectivity index is 1.31. The monoisotopic (exact) mass is 676 g/mol. The molecule has 1 aromatic heterocycles.